The van der Waals surface area contributed by atoms with Gasteiger partial charge in [-0.05, 0) is 44.5 Å². The Labute approximate surface area is 129 Å². The van der Waals surface area contributed by atoms with E-state index in [1.165, 1.54) is 31.7 Å². The van der Waals surface area contributed by atoms with Crippen molar-refractivity contribution in [2.75, 3.05) is 13.2 Å². The summed E-state index contributed by atoms with van der Waals surface area (Å²) in [6.07, 6.45) is 7.14. The lowest BCUT2D eigenvalue weighted by atomic mass is 10.1. The SMILES string of the molecule is CCCCCCCOc1ccc(F)cc1C(C)NCCC. The molecule has 1 aromatic rings. The van der Waals surface area contributed by atoms with E-state index in [1.807, 2.05) is 0 Å². The molecule has 1 aromatic carbocycles. The second-order valence-electron chi connectivity index (χ2n) is 5.62. The summed E-state index contributed by atoms with van der Waals surface area (Å²) in [5, 5.41) is 3.39. The molecule has 0 radical (unpaired) electrons. The first-order chi connectivity index (χ1) is 10.2. The predicted octanol–water partition coefficient (Wildman–Crippen LogP) is 5.24. The Hall–Kier alpha value is -1.09. The molecule has 3 heteroatoms. The second kappa shape index (κ2) is 10.6. The topological polar surface area (TPSA) is 21.3 Å². The smallest absolute Gasteiger partial charge is 0.124 e. The molecule has 0 heterocycles. The molecule has 1 unspecified atom stereocenters. The Morgan fingerprint density at radius 2 is 1.86 bits per heavy atom. The molecule has 0 aliphatic carbocycles. The maximum Gasteiger partial charge on any atom is 0.124 e. The van der Waals surface area contributed by atoms with Gasteiger partial charge in [0.1, 0.15) is 11.6 Å². The van der Waals surface area contributed by atoms with Gasteiger partial charge in [0.25, 0.3) is 0 Å². The van der Waals surface area contributed by atoms with Gasteiger partial charge >= 0.3 is 0 Å². The molecule has 120 valence electrons. The van der Waals surface area contributed by atoms with Crippen LogP contribution in [-0.2, 0) is 0 Å². The minimum absolute atomic E-state index is 0.107. The maximum absolute atomic E-state index is 13.5. The summed E-state index contributed by atoms with van der Waals surface area (Å²) in [6, 6.07) is 4.92. The average molecular weight is 295 g/mol. The second-order valence-corrected chi connectivity index (χ2v) is 5.62. The molecule has 0 aliphatic rings. The number of rotatable bonds is 11. The van der Waals surface area contributed by atoms with Gasteiger partial charge in [-0.2, -0.15) is 0 Å². The van der Waals surface area contributed by atoms with Crippen molar-refractivity contribution in [3.8, 4) is 5.75 Å². The van der Waals surface area contributed by atoms with Gasteiger partial charge in [-0.3, -0.25) is 0 Å². The van der Waals surface area contributed by atoms with Gasteiger partial charge in [0.05, 0.1) is 6.61 Å². The lowest BCUT2D eigenvalue weighted by molar-refractivity contribution is 0.298. The molecule has 0 aliphatic heterocycles. The summed E-state index contributed by atoms with van der Waals surface area (Å²) < 4.78 is 19.3. The molecule has 0 saturated carbocycles. The van der Waals surface area contributed by atoms with E-state index in [9.17, 15) is 4.39 Å². The highest BCUT2D eigenvalue weighted by Crippen LogP contribution is 2.26. The van der Waals surface area contributed by atoms with E-state index in [2.05, 4.69) is 26.1 Å². The highest BCUT2D eigenvalue weighted by Gasteiger charge is 2.12. The molecule has 1 atom stereocenters. The number of unbranched alkanes of at least 4 members (excludes halogenated alkanes) is 4. The number of nitrogens with one attached hydrogen (secondary N) is 1. The van der Waals surface area contributed by atoms with Gasteiger partial charge in [-0.25, -0.2) is 4.39 Å². The van der Waals surface area contributed by atoms with Crippen LogP contribution in [0.4, 0.5) is 4.39 Å². The number of hydrogen-bond acceptors (Lipinski definition) is 2. The molecule has 0 saturated heterocycles. The van der Waals surface area contributed by atoms with Crippen LogP contribution in [0.1, 0.15) is 70.9 Å². The van der Waals surface area contributed by atoms with Gasteiger partial charge in [-0.15, -0.1) is 0 Å². The van der Waals surface area contributed by atoms with Crippen LogP contribution < -0.4 is 10.1 Å². The van der Waals surface area contributed by atoms with Crippen LogP contribution in [0, 0.1) is 5.82 Å². The van der Waals surface area contributed by atoms with E-state index in [0.29, 0.717) is 6.61 Å². The van der Waals surface area contributed by atoms with Crippen LogP contribution in [-0.4, -0.2) is 13.2 Å². The van der Waals surface area contributed by atoms with Crippen molar-refractivity contribution in [1.82, 2.24) is 5.32 Å². The summed E-state index contributed by atoms with van der Waals surface area (Å²) in [4.78, 5) is 0. The molecule has 2 nitrogen and oxygen atoms in total. The zero-order valence-electron chi connectivity index (χ0n) is 13.8. The van der Waals surface area contributed by atoms with Gasteiger partial charge in [0.15, 0.2) is 0 Å². The zero-order chi connectivity index (χ0) is 15.5. The molecule has 1 N–H and O–H groups in total. The molecule has 21 heavy (non-hydrogen) atoms. The number of halogens is 1. The van der Waals surface area contributed by atoms with Crippen LogP contribution in [0.5, 0.6) is 5.75 Å². The third-order valence-electron chi connectivity index (χ3n) is 3.64. The Kier molecular flexibility index (Phi) is 9.07. The first-order valence-electron chi connectivity index (χ1n) is 8.34. The molecule has 0 spiro atoms. The molecular weight excluding hydrogens is 265 g/mol. The Morgan fingerprint density at radius 1 is 1.10 bits per heavy atom. The van der Waals surface area contributed by atoms with Crippen LogP contribution in [0.15, 0.2) is 18.2 Å². The van der Waals surface area contributed by atoms with Crippen molar-refractivity contribution in [3.05, 3.63) is 29.6 Å². The molecule has 0 bridgehead atoms. The minimum Gasteiger partial charge on any atom is -0.493 e. The van der Waals surface area contributed by atoms with Gasteiger partial charge in [-0.1, -0.05) is 39.5 Å². The third kappa shape index (κ3) is 6.94. The van der Waals surface area contributed by atoms with Gasteiger partial charge in [0, 0.05) is 11.6 Å². The van der Waals surface area contributed by atoms with Crippen molar-refractivity contribution in [3.63, 3.8) is 0 Å². The summed E-state index contributed by atoms with van der Waals surface area (Å²) in [7, 11) is 0. The molecule has 1 rings (SSSR count). The van der Waals surface area contributed by atoms with Crippen LogP contribution in [0.3, 0.4) is 0 Å². The Bertz CT molecular complexity index is 395. The van der Waals surface area contributed by atoms with E-state index in [4.69, 9.17) is 4.74 Å². The van der Waals surface area contributed by atoms with Gasteiger partial charge < -0.3 is 10.1 Å². The summed E-state index contributed by atoms with van der Waals surface area (Å²) in [6.45, 7) is 8.03. The first kappa shape index (κ1) is 18.0. The largest absolute Gasteiger partial charge is 0.493 e. The van der Waals surface area contributed by atoms with Crippen molar-refractivity contribution in [2.45, 2.75) is 65.3 Å². The lowest BCUT2D eigenvalue weighted by Gasteiger charge is -2.18. The number of hydrogen-bond donors (Lipinski definition) is 1. The molecule has 0 amide bonds. The van der Waals surface area contributed by atoms with Crippen molar-refractivity contribution in [2.24, 2.45) is 0 Å². The Balaban J connectivity index is 2.52. The summed E-state index contributed by atoms with van der Waals surface area (Å²) >= 11 is 0. The van der Waals surface area contributed by atoms with E-state index < -0.39 is 0 Å². The predicted molar refractivity (Wildman–Crippen MR) is 87.4 cm³/mol. The van der Waals surface area contributed by atoms with Crippen molar-refractivity contribution < 1.29 is 9.13 Å². The lowest BCUT2D eigenvalue weighted by Crippen LogP contribution is -2.20. The number of ether oxygens (including phenoxy) is 1. The molecule has 0 fully saturated rings. The van der Waals surface area contributed by atoms with E-state index >= 15 is 0 Å². The monoisotopic (exact) mass is 295 g/mol. The zero-order valence-corrected chi connectivity index (χ0v) is 13.8. The van der Waals surface area contributed by atoms with E-state index in [0.717, 1.165) is 30.7 Å². The summed E-state index contributed by atoms with van der Waals surface area (Å²) in [5.41, 5.74) is 0.914. The fraction of sp³-hybridized carbons (Fsp3) is 0.667. The minimum atomic E-state index is -0.203. The van der Waals surface area contributed by atoms with Crippen molar-refractivity contribution in [1.29, 1.82) is 0 Å². The van der Waals surface area contributed by atoms with Crippen LogP contribution in [0.25, 0.3) is 0 Å². The quantitative estimate of drug-likeness (QED) is 0.564. The number of benzene rings is 1. The van der Waals surface area contributed by atoms with E-state index in [-0.39, 0.29) is 11.9 Å². The van der Waals surface area contributed by atoms with Gasteiger partial charge in [0.2, 0.25) is 0 Å². The fourth-order valence-corrected chi connectivity index (χ4v) is 2.35. The third-order valence-corrected chi connectivity index (χ3v) is 3.64. The van der Waals surface area contributed by atoms with Crippen molar-refractivity contribution >= 4 is 0 Å². The van der Waals surface area contributed by atoms with E-state index in [1.54, 1.807) is 12.1 Å². The molecule has 0 aromatic heterocycles. The normalized spacial score (nSPS) is 12.4. The average Bonchev–Trinajstić information content (AvgIpc) is 2.49. The van der Waals surface area contributed by atoms with Crippen LogP contribution in [0.2, 0.25) is 0 Å². The highest BCUT2D eigenvalue weighted by molar-refractivity contribution is 5.36. The maximum atomic E-state index is 13.5. The first-order valence-corrected chi connectivity index (χ1v) is 8.34. The Morgan fingerprint density at radius 3 is 2.57 bits per heavy atom. The molecular formula is C18H30FNO. The summed E-state index contributed by atoms with van der Waals surface area (Å²) in [5.74, 6) is 0.605. The fourth-order valence-electron chi connectivity index (χ4n) is 2.35. The standard InChI is InChI=1S/C18H30FNO/c1-4-6-7-8-9-13-21-18-11-10-16(19)14-17(18)15(3)20-12-5-2/h10-11,14-15,20H,4-9,12-13H2,1-3H3. The highest BCUT2D eigenvalue weighted by atomic mass is 19.1. The van der Waals surface area contributed by atoms with Crippen LogP contribution >= 0.6 is 0 Å².